The van der Waals surface area contributed by atoms with E-state index in [0.717, 1.165) is 12.8 Å². The summed E-state index contributed by atoms with van der Waals surface area (Å²) in [5.41, 5.74) is 0.940. The molecule has 1 fully saturated rings. The Labute approximate surface area is 114 Å². The van der Waals surface area contributed by atoms with Crippen molar-refractivity contribution in [2.75, 3.05) is 13.2 Å². The van der Waals surface area contributed by atoms with E-state index in [9.17, 15) is 9.18 Å². The number of ether oxygens (including phenoxy) is 1. The first-order chi connectivity index (χ1) is 8.58. The maximum Gasteiger partial charge on any atom is 0.252 e. The summed E-state index contributed by atoms with van der Waals surface area (Å²) < 4.78 is 19.0. The van der Waals surface area contributed by atoms with Gasteiger partial charge in [0.1, 0.15) is 5.82 Å². The van der Waals surface area contributed by atoms with Crippen LogP contribution in [0.1, 0.15) is 28.8 Å². The van der Waals surface area contributed by atoms with Gasteiger partial charge < -0.3 is 10.1 Å². The fourth-order valence-electron chi connectivity index (χ4n) is 1.94. The second kappa shape index (κ2) is 5.80. The Hall–Kier alpha value is -0.940. The average Bonchev–Trinajstić information content (AvgIpc) is 2.35. The van der Waals surface area contributed by atoms with E-state index in [0.29, 0.717) is 28.8 Å². The first kappa shape index (κ1) is 13.5. The molecule has 0 radical (unpaired) electrons. The maximum absolute atomic E-state index is 13.3. The maximum atomic E-state index is 13.3. The smallest absolute Gasteiger partial charge is 0.252 e. The number of hydrogen-bond acceptors (Lipinski definition) is 2. The van der Waals surface area contributed by atoms with Gasteiger partial charge >= 0.3 is 0 Å². The Kier molecular flexibility index (Phi) is 4.35. The van der Waals surface area contributed by atoms with Gasteiger partial charge in [-0.05, 0) is 53.4 Å². The Morgan fingerprint density at radius 1 is 1.44 bits per heavy atom. The zero-order valence-corrected chi connectivity index (χ0v) is 11.7. The lowest BCUT2D eigenvalue weighted by molar-refractivity contribution is 0.0696. The number of amides is 1. The van der Waals surface area contributed by atoms with Crippen LogP contribution in [0.4, 0.5) is 4.39 Å². The van der Waals surface area contributed by atoms with E-state index in [1.165, 1.54) is 6.07 Å². The van der Waals surface area contributed by atoms with Crippen molar-refractivity contribution < 1.29 is 13.9 Å². The van der Waals surface area contributed by atoms with Crippen LogP contribution in [0.5, 0.6) is 0 Å². The van der Waals surface area contributed by atoms with E-state index >= 15 is 0 Å². The topological polar surface area (TPSA) is 38.3 Å². The van der Waals surface area contributed by atoms with E-state index in [-0.39, 0.29) is 17.8 Å². The zero-order chi connectivity index (χ0) is 13.1. The molecule has 1 amide bonds. The number of aryl methyl sites for hydroxylation is 1. The van der Waals surface area contributed by atoms with Gasteiger partial charge in [-0.3, -0.25) is 4.79 Å². The molecule has 1 aromatic rings. The van der Waals surface area contributed by atoms with Crippen molar-refractivity contribution in [3.05, 3.63) is 33.5 Å². The van der Waals surface area contributed by atoms with Crippen molar-refractivity contribution in [1.82, 2.24) is 5.32 Å². The van der Waals surface area contributed by atoms with Gasteiger partial charge in [0.15, 0.2) is 0 Å². The second-order valence-electron chi connectivity index (χ2n) is 4.44. The molecule has 98 valence electrons. The molecule has 1 saturated heterocycles. The van der Waals surface area contributed by atoms with Crippen LogP contribution < -0.4 is 5.32 Å². The SMILES string of the molecule is Cc1cc(C(=O)NC2CCOCC2)c(Br)cc1F. The Morgan fingerprint density at radius 3 is 2.78 bits per heavy atom. The lowest BCUT2D eigenvalue weighted by atomic mass is 10.1. The molecule has 0 unspecified atom stereocenters. The van der Waals surface area contributed by atoms with E-state index in [1.54, 1.807) is 13.0 Å². The van der Waals surface area contributed by atoms with E-state index in [4.69, 9.17) is 4.74 Å². The molecule has 1 N–H and O–H groups in total. The van der Waals surface area contributed by atoms with Crippen molar-refractivity contribution >= 4 is 21.8 Å². The summed E-state index contributed by atoms with van der Waals surface area (Å²) in [6.45, 7) is 3.00. The zero-order valence-electron chi connectivity index (χ0n) is 10.1. The summed E-state index contributed by atoms with van der Waals surface area (Å²) >= 11 is 3.22. The highest BCUT2D eigenvalue weighted by molar-refractivity contribution is 9.10. The van der Waals surface area contributed by atoms with E-state index in [1.807, 2.05) is 0 Å². The van der Waals surface area contributed by atoms with Gasteiger partial charge in [-0.25, -0.2) is 4.39 Å². The summed E-state index contributed by atoms with van der Waals surface area (Å²) in [5.74, 6) is -0.485. The van der Waals surface area contributed by atoms with Crippen LogP contribution in [0.3, 0.4) is 0 Å². The monoisotopic (exact) mass is 315 g/mol. The first-order valence-corrected chi connectivity index (χ1v) is 6.71. The molecule has 0 aliphatic carbocycles. The minimum Gasteiger partial charge on any atom is -0.381 e. The molecule has 3 nitrogen and oxygen atoms in total. The standard InChI is InChI=1S/C13H15BrFNO2/c1-8-6-10(11(14)7-12(8)15)13(17)16-9-2-4-18-5-3-9/h6-7,9H,2-5H2,1H3,(H,16,17). The molecule has 1 aliphatic heterocycles. The molecule has 18 heavy (non-hydrogen) atoms. The molecule has 5 heteroatoms. The molecular weight excluding hydrogens is 301 g/mol. The van der Waals surface area contributed by atoms with Gasteiger partial charge in [0, 0.05) is 23.7 Å². The number of hydrogen-bond donors (Lipinski definition) is 1. The van der Waals surface area contributed by atoms with Crippen LogP contribution in [0.25, 0.3) is 0 Å². The molecule has 1 aliphatic rings. The van der Waals surface area contributed by atoms with Crippen LogP contribution in [0.15, 0.2) is 16.6 Å². The third-order valence-electron chi connectivity index (χ3n) is 3.05. The third-order valence-corrected chi connectivity index (χ3v) is 3.71. The van der Waals surface area contributed by atoms with Gasteiger partial charge in [-0.1, -0.05) is 0 Å². The third kappa shape index (κ3) is 3.09. The van der Waals surface area contributed by atoms with Crippen LogP contribution in [-0.4, -0.2) is 25.2 Å². The number of carbonyl (C=O) groups excluding carboxylic acids is 1. The van der Waals surface area contributed by atoms with Crippen LogP contribution >= 0.6 is 15.9 Å². The molecule has 2 rings (SSSR count). The quantitative estimate of drug-likeness (QED) is 0.911. The minimum absolute atomic E-state index is 0.142. The van der Waals surface area contributed by atoms with Crippen LogP contribution in [-0.2, 0) is 4.74 Å². The van der Waals surface area contributed by atoms with Crippen molar-refractivity contribution in [1.29, 1.82) is 0 Å². The summed E-state index contributed by atoms with van der Waals surface area (Å²) in [6.07, 6.45) is 1.65. The van der Waals surface area contributed by atoms with Gasteiger partial charge in [0.25, 0.3) is 5.91 Å². The Bertz CT molecular complexity index is 459. The molecule has 0 bridgehead atoms. The normalized spacial score (nSPS) is 16.6. The highest BCUT2D eigenvalue weighted by Gasteiger charge is 2.19. The molecule has 0 aromatic heterocycles. The Morgan fingerprint density at radius 2 is 2.11 bits per heavy atom. The molecule has 1 heterocycles. The molecule has 0 atom stereocenters. The largest absolute Gasteiger partial charge is 0.381 e. The number of halogens is 2. The lowest BCUT2D eigenvalue weighted by Gasteiger charge is -2.23. The fourth-order valence-corrected chi connectivity index (χ4v) is 2.43. The molecular formula is C13H15BrFNO2. The summed E-state index contributed by atoms with van der Waals surface area (Å²) in [4.78, 5) is 12.1. The predicted octanol–water partition coefficient (Wildman–Crippen LogP) is 2.81. The number of benzene rings is 1. The Balaban J connectivity index is 2.10. The van der Waals surface area contributed by atoms with Gasteiger partial charge in [0.05, 0.1) is 5.56 Å². The average molecular weight is 316 g/mol. The molecule has 0 spiro atoms. The second-order valence-corrected chi connectivity index (χ2v) is 5.30. The van der Waals surface area contributed by atoms with E-state index in [2.05, 4.69) is 21.2 Å². The van der Waals surface area contributed by atoms with E-state index < -0.39 is 0 Å². The lowest BCUT2D eigenvalue weighted by Crippen LogP contribution is -2.39. The summed E-state index contributed by atoms with van der Waals surface area (Å²) in [7, 11) is 0. The van der Waals surface area contributed by atoms with Crippen molar-refractivity contribution in [3.63, 3.8) is 0 Å². The highest BCUT2D eigenvalue weighted by Crippen LogP contribution is 2.21. The minimum atomic E-state index is -0.315. The number of carbonyl (C=O) groups is 1. The number of nitrogens with one attached hydrogen (secondary N) is 1. The van der Waals surface area contributed by atoms with Crippen LogP contribution in [0, 0.1) is 12.7 Å². The number of rotatable bonds is 2. The van der Waals surface area contributed by atoms with Crippen molar-refractivity contribution in [2.45, 2.75) is 25.8 Å². The van der Waals surface area contributed by atoms with Crippen molar-refractivity contribution in [3.8, 4) is 0 Å². The van der Waals surface area contributed by atoms with Crippen LogP contribution in [0.2, 0.25) is 0 Å². The molecule has 1 aromatic carbocycles. The molecule has 0 saturated carbocycles. The summed E-state index contributed by atoms with van der Waals surface area (Å²) in [5, 5.41) is 2.95. The van der Waals surface area contributed by atoms with Gasteiger partial charge in [0.2, 0.25) is 0 Å². The first-order valence-electron chi connectivity index (χ1n) is 5.92. The van der Waals surface area contributed by atoms with Gasteiger partial charge in [-0.15, -0.1) is 0 Å². The highest BCUT2D eigenvalue weighted by atomic mass is 79.9. The van der Waals surface area contributed by atoms with Gasteiger partial charge in [-0.2, -0.15) is 0 Å². The fraction of sp³-hybridized carbons (Fsp3) is 0.462. The predicted molar refractivity (Wildman–Crippen MR) is 70.1 cm³/mol. The van der Waals surface area contributed by atoms with Crippen molar-refractivity contribution in [2.24, 2.45) is 0 Å². The summed E-state index contributed by atoms with van der Waals surface area (Å²) in [6, 6.07) is 3.03.